The van der Waals surface area contributed by atoms with Gasteiger partial charge in [0.05, 0.1) is 16.6 Å². The fourth-order valence-corrected chi connectivity index (χ4v) is 8.37. The molecule has 4 bridgehead atoms. The Bertz CT molecular complexity index is 1620. The van der Waals surface area contributed by atoms with Crippen LogP contribution in [0.5, 0.6) is 5.88 Å². The number of carbonyl (C=O) groups excluding carboxylic acids is 1. The maximum absolute atomic E-state index is 14.3. The lowest BCUT2D eigenvalue weighted by molar-refractivity contribution is -0.00807. The predicted octanol–water partition coefficient (Wildman–Crippen LogP) is 5.59. The van der Waals surface area contributed by atoms with Gasteiger partial charge in [-0.15, -0.1) is 0 Å². The van der Waals surface area contributed by atoms with Crippen molar-refractivity contribution in [3.05, 3.63) is 65.2 Å². The number of nitrogens with one attached hydrogen (secondary N) is 2. The summed E-state index contributed by atoms with van der Waals surface area (Å²) in [6.45, 7) is 11.3. The van der Waals surface area contributed by atoms with E-state index in [1.807, 2.05) is 36.9 Å². The average molecular weight is 618 g/mol. The van der Waals surface area contributed by atoms with E-state index in [0.29, 0.717) is 35.1 Å². The molecule has 2 fully saturated rings. The van der Waals surface area contributed by atoms with Gasteiger partial charge in [-0.25, -0.2) is 18.1 Å². The Kier molecular flexibility index (Phi) is 8.41. The minimum atomic E-state index is -4.09. The van der Waals surface area contributed by atoms with Crippen molar-refractivity contribution in [2.24, 2.45) is 17.3 Å². The number of sulfonamides is 1. The molecular formula is C34H43N5O4S. The summed E-state index contributed by atoms with van der Waals surface area (Å²) in [5.41, 5.74) is 4.22. The summed E-state index contributed by atoms with van der Waals surface area (Å²) in [6, 6.07) is 13.8. The van der Waals surface area contributed by atoms with Gasteiger partial charge in [-0.1, -0.05) is 38.1 Å². The van der Waals surface area contributed by atoms with Gasteiger partial charge in [-0.2, -0.15) is 4.98 Å². The Hall–Kier alpha value is -3.50. The number of hydrogen-bond donors (Lipinski definition) is 2. The van der Waals surface area contributed by atoms with E-state index in [-0.39, 0.29) is 35.3 Å². The second-order valence-electron chi connectivity index (χ2n) is 13.4. The molecule has 9 nitrogen and oxygen atoms in total. The first kappa shape index (κ1) is 30.5. The van der Waals surface area contributed by atoms with Crippen molar-refractivity contribution in [1.29, 1.82) is 0 Å². The molecule has 1 amide bonds. The molecule has 3 heterocycles. The number of hydrogen-bond acceptors (Lipinski definition) is 7. The molecule has 3 aromatic rings. The smallest absolute Gasteiger partial charge is 0.264 e. The highest BCUT2D eigenvalue weighted by molar-refractivity contribution is 7.92. The molecule has 10 heteroatoms. The average Bonchev–Trinajstić information content (AvgIpc) is 2.96. The van der Waals surface area contributed by atoms with Gasteiger partial charge in [-0.05, 0) is 106 Å². The van der Waals surface area contributed by atoms with Crippen LogP contribution < -0.4 is 14.8 Å². The molecule has 44 heavy (non-hydrogen) atoms. The first-order valence-electron chi connectivity index (χ1n) is 15.7. The molecule has 234 valence electrons. The molecule has 6 rings (SSSR count). The van der Waals surface area contributed by atoms with E-state index < -0.39 is 10.0 Å². The van der Waals surface area contributed by atoms with Gasteiger partial charge < -0.3 is 15.0 Å². The number of carbonyl (C=O) groups is 1. The number of fused-ring (bicyclic) bond motifs is 4. The Morgan fingerprint density at radius 1 is 1.02 bits per heavy atom. The second-order valence-corrected chi connectivity index (χ2v) is 15.1. The van der Waals surface area contributed by atoms with Crippen LogP contribution in [0.1, 0.15) is 67.4 Å². The van der Waals surface area contributed by atoms with Crippen LogP contribution in [0.2, 0.25) is 0 Å². The van der Waals surface area contributed by atoms with Crippen molar-refractivity contribution in [2.75, 3.05) is 31.0 Å². The number of aromatic nitrogens is 2. The van der Waals surface area contributed by atoms with E-state index in [1.165, 1.54) is 25.0 Å². The van der Waals surface area contributed by atoms with Crippen molar-refractivity contribution in [3.8, 4) is 17.1 Å². The van der Waals surface area contributed by atoms with E-state index in [0.717, 1.165) is 49.0 Å². The van der Waals surface area contributed by atoms with Gasteiger partial charge in [0.1, 0.15) is 6.61 Å². The third-order valence-corrected chi connectivity index (χ3v) is 10.8. The van der Waals surface area contributed by atoms with Crippen molar-refractivity contribution in [1.82, 2.24) is 20.2 Å². The van der Waals surface area contributed by atoms with Crippen LogP contribution >= 0.6 is 0 Å². The highest BCUT2D eigenvalue weighted by Gasteiger charge is 2.46. The summed E-state index contributed by atoms with van der Waals surface area (Å²) in [5, 5.41) is 3.47. The van der Waals surface area contributed by atoms with E-state index in [1.54, 1.807) is 18.2 Å². The molecule has 0 radical (unpaired) electrons. The lowest BCUT2D eigenvalue weighted by Gasteiger charge is -2.52. The topological polar surface area (TPSA) is 114 Å². The van der Waals surface area contributed by atoms with Crippen LogP contribution in [0.4, 0.5) is 5.95 Å². The number of aryl methyl sites for hydroxylation is 2. The first-order valence-corrected chi connectivity index (χ1v) is 17.2. The molecule has 1 saturated heterocycles. The minimum Gasteiger partial charge on any atom is -0.475 e. The van der Waals surface area contributed by atoms with E-state index >= 15 is 0 Å². The standard InChI is InChI=1S/C34H43N5O4S/c1-22(2)15-27-21-43-30-17-29(31-23(3)7-5-8-24(31)4)36-33(37-30)38-44(41,42)28-10-6-9-26(16-28)32(40)39(27)20-25-18-34(19-25)11-13-35-14-12-34/h5-10,16-17,22,25,27,35H,11-15,18-21H2,1-4H3,(H,36,37,38)/t27-/m1/s1. The monoisotopic (exact) mass is 617 g/mol. The first-order chi connectivity index (χ1) is 21.0. The van der Waals surface area contributed by atoms with Crippen molar-refractivity contribution in [2.45, 2.75) is 70.7 Å². The number of benzene rings is 2. The summed E-state index contributed by atoms with van der Waals surface area (Å²) in [7, 11) is -4.09. The summed E-state index contributed by atoms with van der Waals surface area (Å²) in [5.74, 6) is 0.731. The highest BCUT2D eigenvalue weighted by atomic mass is 32.2. The molecule has 1 atom stereocenters. The Balaban J connectivity index is 1.41. The predicted molar refractivity (Wildman–Crippen MR) is 171 cm³/mol. The minimum absolute atomic E-state index is 0.0104. The van der Waals surface area contributed by atoms with Crippen LogP contribution in [0.15, 0.2) is 53.4 Å². The van der Waals surface area contributed by atoms with Gasteiger partial charge in [0, 0.05) is 23.7 Å². The van der Waals surface area contributed by atoms with E-state index in [4.69, 9.17) is 4.74 Å². The summed E-state index contributed by atoms with van der Waals surface area (Å²) < 4.78 is 36.1. The fraction of sp³-hybridized carbons (Fsp3) is 0.500. The van der Waals surface area contributed by atoms with Crippen LogP contribution in [0.3, 0.4) is 0 Å². The van der Waals surface area contributed by atoms with Crippen LogP contribution in [-0.4, -0.2) is 61.5 Å². The number of piperidine rings is 1. The Labute approximate surface area is 260 Å². The van der Waals surface area contributed by atoms with E-state index in [2.05, 4.69) is 33.9 Å². The van der Waals surface area contributed by atoms with Crippen LogP contribution in [0.25, 0.3) is 11.3 Å². The number of nitrogens with zero attached hydrogens (tertiary/aromatic N) is 3. The summed E-state index contributed by atoms with van der Waals surface area (Å²) >= 11 is 0. The number of anilines is 1. The lowest BCUT2D eigenvalue weighted by atomic mass is 9.57. The molecule has 1 saturated carbocycles. The van der Waals surface area contributed by atoms with Crippen molar-refractivity contribution in [3.63, 3.8) is 0 Å². The Morgan fingerprint density at radius 3 is 2.43 bits per heavy atom. The fourth-order valence-electron chi connectivity index (χ4n) is 7.38. The lowest BCUT2D eigenvalue weighted by Crippen LogP contribution is -2.52. The van der Waals surface area contributed by atoms with Crippen LogP contribution in [-0.2, 0) is 10.0 Å². The number of rotatable bonds is 5. The third kappa shape index (κ3) is 6.33. The molecule has 0 unspecified atom stereocenters. The maximum atomic E-state index is 14.3. The molecule has 1 spiro atoms. The second kappa shape index (κ2) is 12.1. The number of ether oxygens (including phenoxy) is 1. The quantitative estimate of drug-likeness (QED) is 0.384. The number of amides is 1. The summed E-state index contributed by atoms with van der Waals surface area (Å²) in [6.07, 6.45) is 5.33. The van der Waals surface area contributed by atoms with Gasteiger partial charge in [0.2, 0.25) is 11.8 Å². The zero-order chi connectivity index (χ0) is 31.1. The van der Waals surface area contributed by atoms with Gasteiger partial charge in [0.25, 0.3) is 15.9 Å². The normalized spacial score (nSPS) is 21.4. The zero-order valence-electron chi connectivity index (χ0n) is 26.1. The van der Waals surface area contributed by atoms with Crippen LogP contribution in [0, 0.1) is 31.1 Å². The van der Waals surface area contributed by atoms with Gasteiger partial charge in [0.15, 0.2) is 0 Å². The maximum Gasteiger partial charge on any atom is 0.264 e. The van der Waals surface area contributed by atoms with Crippen molar-refractivity contribution >= 4 is 21.9 Å². The van der Waals surface area contributed by atoms with Gasteiger partial charge in [-0.3, -0.25) is 4.79 Å². The van der Waals surface area contributed by atoms with Gasteiger partial charge >= 0.3 is 0 Å². The molecule has 1 aromatic heterocycles. The zero-order valence-corrected chi connectivity index (χ0v) is 26.9. The molecular weight excluding hydrogens is 574 g/mol. The molecule has 1 aliphatic carbocycles. The molecule has 2 aromatic carbocycles. The summed E-state index contributed by atoms with van der Waals surface area (Å²) in [4.78, 5) is 25.3. The third-order valence-electron chi connectivity index (χ3n) is 9.49. The molecule has 2 N–H and O–H groups in total. The highest BCUT2D eigenvalue weighted by Crippen LogP contribution is 2.52. The van der Waals surface area contributed by atoms with E-state index in [9.17, 15) is 13.2 Å². The molecule has 2 aliphatic heterocycles. The largest absolute Gasteiger partial charge is 0.475 e. The Morgan fingerprint density at radius 2 is 1.73 bits per heavy atom. The molecule has 3 aliphatic rings. The SMILES string of the molecule is Cc1cccc(C)c1-c1cc2nc(n1)NS(=O)(=O)c1cccc(c1)C(=O)N(CC1CC3(CCNCC3)C1)[C@H](CC(C)C)CO2. The van der Waals surface area contributed by atoms with Crippen molar-refractivity contribution < 1.29 is 17.9 Å².